The molecule has 1 heterocycles. The molecule has 0 amide bonds. The van der Waals surface area contributed by atoms with Crippen molar-refractivity contribution in [2.45, 2.75) is 6.54 Å². The molecule has 0 aliphatic rings. The van der Waals surface area contributed by atoms with Crippen LogP contribution >= 0.6 is 23.8 Å². The maximum atomic E-state index is 13.5. The van der Waals surface area contributed by atoms with Gasteiger partial charge in [-0.3, -0.25) is 0 Å². The lowest BCUT2D eigenvalue weighted by molar-refractivity contribution is 0.408. The average molecular weight is 323 g/mol. The quantitative estimate of drug-likeness (QED) is 0.717. The minimum absolute atomic E-state index is 0.309. The van der Waals surface area contributed by atoms with Gasteiger partial charge in [-0.2, -0.15) is 0 Å². The van der Waals surface area contributed by atoms with E-state index in [1.54, 1.807) is 23.8 Å². The largest absolute Gasteiger partial charge is 0.496 e. The van der Waals surface area contributed by atoms with Crippen molar-refractivity contribution in [3.63, 3.8) is 0 Å². The lowest BCUT2D eigenvalue weighted by atomic mass is 10.2. The second-order valence-electron chi connectivity index (χ2n) is 4.60. The molecular formula is C15H12ClFN2OS. The Bertz CT molecular complexity index is 872. The van der Waals surface area contributed by atoms with Gasteiger partial charge in [0.2, 0.25) is 0 Å². The van der Waals surface area contributed by atoms with Crippen molar-refractivity contribution in [2.24, 2.45) is 0 Å². The first-order valence-corrected chi connectivity index (χ1v) is 7.08. The molecule has 0 saturated carbocycles. The summed E-state index contributed by atoms with van der Waals surface area (Å²) in [5.41, 5.74) is 2.29. The molecule has 0 radical (unpaired) electrons. The molecule has 2 aromatic carbocycles. The smallest absolute Gasteiger partial charge is 0.178 e. The van der Waals surface area contributed by atoms with Gasteiger partial charge in [0.05, 0.1) is 24.7 Å². The summed E-state index contributed by atoms with van der Waals surface area (Å²) >= 11 is 11.6. The fourth-order valence-electron chi connectivity index (χ4n) is 2.32. The summed E-state index contributed by atoms with van der Waals surface area (Å²) in [5.74, 6) is 0.367. The molecule has 0 saturated heterocycles. The maximum absolute atomic E-state index is 13.5. The third kappa shape index (κ3) is 2.54. The van der Waals surface area contributed by atoms with Crippen molar-refractivity contribution < 1.29 is 9.13 Å². The van der Waals surface area contributed by atoms with Crippen LogP contribution in [0.2, 0.25) is 5.02 Å². The van der Waals surface area contributed by atoms with Crippen molar-refractivity contribution >= 4 is 34.9 Å². The van der Waals surface area contributed by atoms with Crippen LogP contribution in [0, 0.1) is 10.6 Å². The van der Waals surface area contributed by atoms with E-state index in [2.05, 4.69) is 4.98 Å². The van der Waals surface area contributed by atoms with Crippen molar-refractivity contribution in [1.82, 2.24) is 9.55 Å². The number of H-pyrrole nitrogens is 1. The first-order valence-electron chi connectivity index (χ1n) is 6.29. The first kappa shape index (κ1) is 14.1. The number of nitrogens with zero attached hydrogens (tertiary/aromatic N) is 1. The molecule has 1 N–H and O–H groups in total. The highest BCUT2D eigenvalue weighted by molar-refractivity contribution is 7.71. The van der Waals surface area contributed by atoms with Gasteiger partial charge in [-0.25, -0.2) is 4.39 Å². The van der Waals surface area contributed by atoms with Crippen LogP contribution in [0.1, 0.15) is 5.56 Å². The van der Waals surface area contributed by atoms with Crippen LogP contribution in [0.3, 0.4) is 0 Å². The lowest BCUT2D eigenvalue weighted by Gasteiger charge is -2.11. The van der Waals surface area contributed by atoms with E-state index < -0.39 is 0 Å². The Morgan fingerprint density at radius 2 is 2.14 bits per heavy atom. The molecule has 3 aromatic rings. The molecule has 1 aromatic heterocycles. The molecule has 0 bridgehead atoms. The zero-order valence-electron chi connectivity index (χ0n) is 11.2. The van der Waals surface area contributed by atoms with E-state index in [4.69, 9.17) is 28.6 Å². The van der Waals surface area contributed by atoms with Gasteiger partial charge in [0.1, 0.15) is 11.6 Å². The van der Waals surface area contributed by atoms with E-state index in [1.165, 1.54) is 12.1 Å². The summed E-state index contributed by atoms with van der Waals surface area (Å²) in [6.07, 6.45) is 0. The Morgan fingerprint density at radius 1 is 1.33 bits per heavy atom. The summed E-state index contributed by atoms with van der Waals surface area (Å²) in [6.45, 7) is 0.408. The molecule has 0 fully saturated rings. The molecule has 0 aliphatic heterocycles. The fourth-order valence-corrected chi connectivity index (χ4v) is 2.82. The number of halogens is 2. The van der Waals surface area contributed by atoms with Crippen molar-refractivity contribution in [3.05, 3.63) is 57.6 Å². The normalized spacial score (nSPS) is 11.0. The molecule has 0 aliphatic carbocycles. The van der Waals surface area contributed by atoms with E-state index in [9.17, 15) is 4.39 Å². The summed E-state index contributed by atoms with van der Waals surface area (Å²) in [6, 6.07) is 9.96. The first-order chi connectivity index (χ1) is 10.1. The zero-order chi connectivity index (χ0) is 15.0. The standard InChI is InChI=1S/C15H12ClFN2OS/c1-20-14-4-2-3-11(16)10(14)8-19-13-7-9(17)5-6-12(13)18-15(19)21/h2-7H,8H2,1H3,(H,18,21). The third-order valence-corrected chi connectivity index (χ3v) is 4.03. The van der Waals surface area contributed by atoms with E-state index in [1.807, 2.05) is 12.1 Å². The third-order valence-electron chi connectivity index (χ3n) is 3.35. The lowest BCUT2D eigenvalue weighted by Crippen LogP contribution is -2.03. The highest BCUT2D eigenvalue weighted by Gasteiger charge is 2.12. The second kappa shape index (κ2) is 5.50. The predicted molar refractivity (Wildman–Crippen MR) is 84.2 cm³/mol. The van der Waals surface area contributed by atoms with Crippen molar-refractivity contribution in [1.29, 1.82) is 0 Å². The van der Waals surface area contributed by atoms with Gasteiger partial charge >= 0.3 is 0 Å². The molecule has 0 unspecified atom stereocenters. The van der Waals surface area contributed by atoms with Crippen molar-refractivity contribution in [3.8, 4) is 5.75 Å². The summed E-state index contributed by atoms with van der Waals surface area (Å²) in [7, 11) is 1.59. The second-order valence-corrected chi connectivity index (χ2v) is 5.39. The molecule has 108 valence electrons. The maximum Gasteiger partial charge on any atom is 0.178 e. The number of hydrogen-bond donors (Lipinski definition) is 1. The number of benzene rings is 2. The van der Waals surface area contributed by atoms with E-state index >= 15 is 0 Å². The van der Waals surface area contributed by atoms with Crippen LogP contribution < -0.4 is 4.74 Å². The van der Waals surface area contributed by atoms with E-state index in [0.717, 1.165) is 11.1 Å². The number of methoxy groups -OCH3 is 1. The van der Waals surface area contributed by atoms with E-state index in [0.29, 0.717) is 27.6 Å². The van der Waals surface area contributed by atoms with Crippen LogP contribution in [0.4, 0.5) is 4.39 Å². The minimum atomic E-state index is -0.309. The van der Waals surface area contributed by atoms with Crippen LogP contribution in [0.15, 0.2) is 36.4 Å². The number of ether oxygens (including phenoxy) is 1. The fraction of sp³-hybridized carbons (Fsp3) is 0.133. The number of imidazole rings is 1. The van der Waals surface area contributed by atoms with Crippen molar-refractivity contribution in [2.75, 3.05) is 7.11 Å². The Hall–Kier alpha value is -1.85. The number of aromatic nitrogens is 2. The number of aromatic amines is 1. The van der Waals surface area contributed by atoms with Crippen LogP contribution in [0.25, 0.3) is 11.0 Å². The molecule has 6 heteroatoms. The number of fused-ring (bicyclic) bond motifs is 1. The van der Waals surface area contributed by atoms with Gasteiger partial charge in [0, 0.05) is 10.6 Å². The van der Waals surface area contributed by atoms with Crippen LogP contribution in [0.5, 0.6) is 5.75 Å². The number of hydrogen-bond acceptors (Lipinski definition) is 2. The SMILES string of the molecule is COc1cccc(Cl)c1Cn1c(=S)[nH]c2ccc(F)cc21. The Morgan fingerprint density at radius 3 is 2.90 bits per heavy atom. The van der Waals surface area contributed by atoms with Crippen LogP contribution in [-0.4, -0.2) is 16.7 Å². The number of rotatable bonds is 3. The van der Waals surface area contributed by atoms with Gasteiger partial charge < -0.3 is 14.3 Å². The minimum Gasteiger partial charge on any atom is -0.496 e. The number of nitrogens with one attached hydrogen (secondary N) is 1. The van der Waals surface area contributed by atoms with E-state index in [-0.39, 0.29) is 5.82 Å². The van der Waals surface area contributed by atoms with Gasteiger partial charge in [0.15, 0.2) is 4.77 Å². The van der Waals surface area contributed by atoms with Gasteiger partial charge in [-0.1, -0.05) is 17.7 Å². The summed E-state index contributed by atoms with van der Waals surface area (Å²) < 4.78 is 21.1. The van der Waals surface area contributed by atoms with Gasteiger partial charge in [-0.05, 0) is 42.5 Å². The molecular weight excluding hydrogens is 311 g/mol. The predicted octanol–water partition coefficient (Wildman–Crippen LogP) is 4.55. The Balaban J connectivity index is 2.17. The summed E-state index contributed by atoms with van der Waals surface area (Å²) in [4.78, 5) is 3.06. The molecule has 0 atom stereocenters. The zero-order valence-corrected chi connectivity index (χ0v) is 12.8. The monoisotopic (exact) mass is 322 g/mol. The topological polar surface area (TPSA) is 29.9 Å². The molecule has 21 heavy (non-hydrogen) atoms. The average Bonchev–Trinajstić information content (AvgIpc) is 2.77. The Labute approximate surface area is 130 Å². The molecule has 3 rings (SSSR count). The van der Waals surface area contributed by atoms with Gasteiger partial charge in [-0.15, -0.1) is 0 Å². The highest BCUT2D eigenvalue weighted by atomic mass is 35.5. The van der Waals surface area contributed by atoms with Gasteiger partial charge in [0.25, 0.3) is 0 Å². The summed E-state index contributed by atoms with van der Waals surface area (Å²) in [5, 5.41) is 0.585. The molecule has 3 nitrogen and oxygen atoms in total. The van der Waals surface area contributed by atoms with Crippen LogP contribution in [-0.2, 0) is 6.54 Å². The Kier molecular flexibility index (Phi) is 3.69. The highest BCUT2D eigenvalue weighted by Crippen LogP contribution is 2.28. The molecule has 0 spiro atoms.